The van der Waals surface area contributed by atoms with E-state index in [-0.39, 0.29) is 96.6 Å². The summed E-state index contributed by atoms with van der Waals surface area (Å²) < 4.78 is 59.7. The summed E-state index contributed by atoms with van der Waals surface area (Å²) in [6.07, 6.45) is 1.03. The lowest BCUT2D eigenvalue weighted by atomic mass is 9.95. The number of alkyl halides is 1. The zero-order chi connectivity index (χ0) is 34.6. The monoisotopic (exact) mass is 724 g/mol. The molecule has 7 heterocycles. The molecule has 0 aliphatic carbocycles. The van der Waals surface area contributed by atoms with Crippen LogP contribution in [0.4, 0.5) is 24.0 Å². The lowest BCUT2D eigenvalue weighted by Gasteiger charge is -2.34. The van der Waals surface area contributed by atoms with E-state index in [9.17, 15) is 14.4 Å². The van der Waals surface area contributed by atoms with Gasteiger partial charge in [0.1, 0.15) is 41.0 Å². The maximum absolute atomic E-state index is 17.3. The summed E-state index contributed by atoms with van der Waals surface area (Å²) in [5.41, 5.74) is 5.49. The van der Waals surface area contributed by atoms with E-state index < -0.39 is 23.3 Å². The highest BCUT2D eigenvalue weighted by molar-refractivity contribution is 7.23. The highest BCUT2D eigenvalue weighted by atomic mass is 35.5. The SMILES string of the molecule is CN1c2nc(OC[C@@]34CCCN3C[C@H](F)C4)nc3c(F)c(-c4ccc(F)c5sc(N)c(C#N)c45)c(Cl)c(c23)OCC2CN(C(=O)[C@H]3CN3)CC21. The third-order valence-electron chi connectivity index (χ3n) is 11.1. The summed E-state index contributed by atoms with van der Waals surface area (Å²) >= 11 is 7.99. The second-order valence-electron chi connectivity index (χ2n) is 14.0. The maximum atomic E-state index is 17.3. The topological polar surface area (TPSA) is 143 Å². The molecule has 0 spiro atoms. The molecule has 4 aromatic rings. The zero-order valence-electron chi connectivity index (χ0n) is 26.9. The van der Waals surface area contributed by atoms with Gasteiger partial charge in [0.25, 0.3) is 0 Å². The number of hydrogen-bond donors (Lipinski definition) is 2. The molecular formula is C34H32ClF3N8O3S. The Kier molecular flexibility index (Phi) is 7.30. The van der Waals surface area contributed by atoms with Gasteiger partial charge in [-0.2, -0.15) is 15.2 Å². The molecule has 4 fully saturated rings. The van der Waals surface area contributed by atoms with Crippen molar-refractivity contribution in [3.05, 3.63) is 34.4 Å². The molecule has 260 valence electrons. The number of likely N-dealkylation sites (N-methyl/N-ethyl adjacent to an activating group) is 1. The first-order valence-corrected chi connectivity index (χ1v) is 17.8. The van der Waals surface area contributed by atoms with E-state index in [1.165, 1.54) is 12.1 Å². The van der Waals surface area contributed by atoms with Crippen LogP contribution in [0.15, 0.2) is 12.1 Å². The molecule has 0 saturated carbocycles. The number of fused-ring (bicyclic) bond motifs is 3. The summed E-state index contributed by atoms with van der Waals surface area (Å²) in [4.78, 5) is 28.3. The summed E-state index contributed by atoms with van der Waals surface area (Å²) in [5, 5.41) is 13.4. The van der Waals surface area contributed by atoms with E-state index in [4.69, 9.17) is 31.8 Å². The van der Waals surface area contributed by atoms with Gasteiger partial charge >= 0.3 is 6.01 Å². The third kappa shape index (κ3) is 4.72. The van der Waals surface area contributed by atoms with Crippen LogP contribution in [0.3, 0.4) is 0 Å². The smallest absolute Gasteiger partial charge is 0.319 e. The number of amides is 1. The number of ether oxygens (including phenoxy) is 2. The van der Waals surface area contributed by atoms with Crippen LogP contribution >= 0.6 is 22.9 Å². The predicted molar refractivity (Wildman–Crippen MR) is 183 cm³/mol. The molecule has 3 N–H and O–H groups in total. The molecule has 5 aliphatic heterocycles. The van der Waals surface area contributed by atoms with E-state index >= 15 is 8.78 Å². The Morgan fingerprint density at radius 1 is 1.28 bits per heavy atom. The Morgan fingerprint density at radius 3 is 2.88 bits per heavy atom. The van der Waals surface area contributed by atoms with Crippen LogP contribution in [0.25, 0.3) is 32.1 Å². The van der Waals surface area contributed by atoms with E-state index in [0.29, 0.717) is 38.4 Å². The van der Waals surface area contributed by atoms with Gasteiger partial charge in [-0.05, 0) is 31.0 Å². The zero-order valence-corrected chi connectivity index (χ0v) is 28.5. The average Bonchev–Trinajstić information content (AvgIpc) is 3.44. The third-order valence-corrected chi connectivity index (χ3v) is 12.5. The number of carbonyl (C=O) groups is 1. The molecule has 0 bridgehead atoms. The molecule has 16 heteroatoms. The van der Waals surface area contributed by atoms with Gasteiger partial charge in [0.05, 0.1) is 44.9 Å². The molecule has 2 aromatic carbocycles. The number of thiophene rings is 1. The fourth-order valence-electron chi connectivity index (χ4n) is 8.52. The number of likely N-dealkylation sites (tertiary alicyclic amines) is 1. The minimum absolute atomic E-state index is 0.0117. The number of nitrogen functional groups attached to an aromatic ring is 1. The molecule has 5 atom stereocenters. The van der Waals surface area contributed by atoms with E-state index in [2.05, 4.69) is 15.2 Å². The standard InChI is InChI=1S/C34H32ClF3N8O3S/c1-44-21-12-45(32(47)20-9-41-20)10-15(21)13-48-28-24-27(42-33(43-31(24)44)49-14-34-5-2-6-46(34)11-16(36)7-34)26(38)23(25(28)35)17-3-4-19(37)29-22(17)18(8-39)30(40)50-29/h3-4,15-16,20-21,41H,2,5-7,9-14,40H2,1H3/t15?,16-,20-,21?,34+/m1/s1. The first-order chi connectivity index (χ1) is 24.1. The van der Waals surface area contributed by atoms with Crippen LogP contribution in [0, 0.1) is 28.9 Å². The largest absolute Gasteiger partial charge is 0.491 e. The number of aromatic nitrogens is 2. The van der Waals surface area contributed by atoms with Crippen molar-refractivity contribution < 1.29 is 27.4 Å². The molecule has 5 aliphatic rings. The number of nitrogens with one attached hydrogen (secondary N) is 1. The molecule has 50 heavy (non-hydrogen) atoms. The van der Waals surface area contributed by atoms with Crippen LogP contribution in [-0.4, -0.2) is 102 Å². The second kappa shape index (κ2) is 11.5. The van der Waals surface area contributed by atoms with Crippen molar-refractivity contribution >= 4 is 60.7 Å². The normalized spacial score (nSPS) is 27.2. The Bertz CT molecular complexity index is 2160. The molecule has 9 rings (SSSR count). The van der Waals surface area contributed by atoms with Gasteiger partial charge in [0, 0.05) is 56.5 Å². The first-order valence-electron chi connectivity index (χ1n) is 16.6. The van der Waals surface area contributed by atoms with Crippen molar-refractivity contribution in [3.63, 3.8) is 0 Å². The number of carbonyl (C=O) groups excluding carboxylic acids is 1. The van der Waals surface area contributed by atoms with Crippen LogP contribution in [0.5, 0.6) is 11.8 Å². The summed E-state index contributed by atoms with van der Waals surface area (Å²) in [5.74, 6) is -1.17. The number of benzene rings is 2. The van der Waals surface area contributed by atoms with Crippen molar-refractivity contribution in [2.24, 2.45) is 5.92 Å². The van der Waals surface area contributed by atoms with Gasteiger partial charge in [-0.15, -0.1) is 11.3 Å². The number of halogens is 4. The Morgan fingerprint density at radius 2 is 2.10 bits per heavy atom. The average molecular weight is 725 g/mol. The molecule has 1 amide bonds. The highest BCUT2D eigenvalue weighted by Gasteiger charge is 2.50. The first kappa shape index (κ1) is 31.9. The number of rotatable bonds is 5. The lowest BCUT2D eigenvalue weighted by molar-refractivity contribution is -0.129. The molecule has 11 nitrogen and oxygen atoms in total. The quantitative estimate of drug-likeness (QED) is 0.283. The van der Waals surface area contributed by atoms with Gasteiger partial charge in [-0.3, -0.25) is 9.69 Å². The van der Waals surface area contributed by atoms with Gasteiger partial charge < -0.3 is 30.3 Å². The van der Waals surface area contributed by atoms with Gasteiger partial charge in [0.15, 0.2) is 11.6 Å². The second-order valence-corrected chi connectivity index (χ2v) is 15.4. The van der Waals surface area contributed by atoms with Crippen molar-refractivity contribution in [1.29, 1.82) is 5.26 Å². The van der Waals surface area contributed by atoms with E-state index in [0.717, 1.165) is 30.7 Å². The van der Waals surface area contributed by atoms with E-state index in [1.54, 1.807) is 4.90 Å². The fourth-order valence-corrected chi connectivity index (χ4v) is 9.80. The van der Waals surface area contributed by atoms with Crippen molar-refractivity contribution in [1.82, 2.24) is 25.1 Å². The minimum Gasteiger partial charge on any atom is -0.491 e. The number of anilines is 2. The maximum Gasteiger partial charge on any atom is 0.319 e. The Labute approximate surface area is 293 Å². The van der Waals surface area contributed by atoms with Crippen LogP contribution in [0.2, 0.25) is 5.02 Å². The van der Waals surface area contributed by atoms with Gasteiger partial charge in [-0.25, -0.2) is 13.2 Å². The molecule has 0 radical (unpaired) electrons. The van der Waals surface area contributed by atoms with Gasteiger partial charge in [-0.1, -0.05) is 17.7 Å². The summed E-state index contributed by atoms with van der Waals surface area (Å²) in [6, 6.07) is 4.05. The minimum atomic E-state index is -0.967. The lowest BCUT2D eigenvalue weighted by Crippen LogP contribution is -2.44. The molecule has 2 unspecified atom stereocenters. The Hall–Kier alpha value is -4.10. The highest BCUT2D eigenvalue weighted by Crippen LogP contribution is 2.51. The van der Waals surface area contributed by atoms with Crippen molar-refractivity contribution in [3.8, 4) is 29.0 Å². The number of nitriles is 1. The van der Waals surface area contributed by atoms with E-state index in [1.807, 2.05) is 18.0 Å². The van der Waals surface area contributed by atoms with Crippen LogP contribution in [0.1, 0.15) is 24.8 Å². The molecule has 2 aromatic heterocycles. The summed E-state index contributed by atoms with van der Waals surface area (Å²) in [6.45, 7) is 2.87. The van der Waals surface area contributed by atoms with Gasteiger partial charge in [0.2, 0.25) is 5.91 Å². The molecule has 4 saturated heterocycles. The van der Waals surface area contributed by atoms with Crippen LogP contribution < -0.4 is 25.4 Å². The van der Waals surface area contributed by atoms with Crippen molar-refractivity contribution in [2.45, 2.75) is 43.1 Å². The summed E-state index contributed by atoms with van der Waals surface area (Å²) in [7, 11) is 1.83. The van der Waals surface area contributed by atoms with Crippen LogP contribution in [-0.2, 0) is 4.79 Å². The number of nitrogens with two attached hydrogens (primary N) is 1. The number of nitrogens with zero attached hydrogens (tertiary/aromatic N) is 6. The predicted octanol–water partition coefficient (Wildman–Crippen LogP) is 4.48. The van der Waals surface area contributed by atoms with Crippen molar-refractivity contribution in [2.75, 3.05) is 63.6 Å². The molecular weight excluding hydrogens is 693 g/mol. The Balaban J connectivity index is 1.23. The fraction of sp³-hybridized carbons (Fsp3) is 0.471. The number of hydrogen-bond acceptors (Lipinski definition) is 11.